The summed E-state index contributed by atoms with van der Waals surface area (Å²) in [6.07, 6.45) is 0.266. The first-order valence-corrected chi connectivity index (χ1v) is 6.81. The molecule has 21 heavy (non-hydrogen) atoms. The predicted molar refractivity (Wildman–Crippen MR) is 79.7 cm³/mol. The lowest BCUT2D eigenvalue weighted by atomic mass is 10.1. The van der Waals surface area contributed by atoms with Gasteiger partial charge in [-0.25, -0.2) is 4.39 Å². The fraction of sp³-hybridized carbons (Fsp3) is 0.235. The van der Waals surface area contributed by atoms with E-state index in [2.05, 4.69) is 0 Å². The van der Waals surface area contributed by atoms with Crippen LogP contribution in [0.1, 0.15) is 5.56 Å². The molecule has 0 unspecified atom stereocenters. The molecule has 0 radical (unpaired) electrons. The van der Waals surface area contributed by atoms with Gasteiger partial charge in [-0.1, -0.05) is 30.3 Å². The highest BCUT2D eigenvalue weighted by Crippen LogP contribution is 2.08. The molecule has 0 N–H and O–H groups in total. The van der Waals surface area contributed by atoms with Crippen LogP contribution < -0.4 is 4.74 Å². The number of rotatable bonds is 6. The summed E-state index contributed by atoms with van der Waals surface area (Å²) in [5.74, 6) is 0.478. The maximum absolute atomic E-state index is 12.8. The summed E-state index contributed by atoms with van der Waals surface area (Å²) in [5, 5.41) is 0. The van der Waals surface area contributed by atoms with E-state index in [0.29, 0.717) is 13.2 Å². The number of para-hydroxylation sites is 1. The van der Waals surface area contributed by atoms with Gasteiger partial charge in [0, 0.05) is 7.05 Å². The molecule has 0 heterocycles. The van der Waals surface area contributed by atoms with E-state index in [1.807, 2.05) is 30.3 Å². The van der Waals surface area contributed by atoms with Gasteiger partial charge in [0.2, 0.25) is 5.91 Å². The highest BCUT2D eigenvalue weighted by atomic mass is 19.1. The molecule has 0 bridgehead atoms. The fourth-order valence-corrected chi connectivity index (χ4v) is 1.85. The van der Waals surface area contributed by atoms with Crippen molar-refractivity contribution in [3.63, 3.8) is 0 Å². The zero-order valence-corrected chi connectivity index (χ0v) is 12.0. The van der Waals surface area contributed by atoms with Crippen molar-refractivity contribution >= 4 is 5.91 Å². The van der Waals surface area contributed by atoms with Crippen molar-refractivity contribution in [2.24, 2.45) is 0 Å². The van der Waals surface area contributed by atoms with Gasteiger partial charge in [-0.2, -0.15) is 0 Å². The Hall–Kier alpha value is -2.36. The van der Waals surface area contributed by atoms with Gasteiger partial charge in [0.15, 0.2) is 0 Å². The minimum absolute atomic E-state index is 0.0155. The molecule has 0 saturated heterocycles. The minimum atomic E-state index is -0.296. The maximum Gasteiger partial charge on any atom is 0.226 e. The maximum atomic E-state index is 12.8. The van der Waals surface area contributed by atoms with Crippen LogP contribution in [-0.2, 0) is 11.2 Å². The summed E-state index contributed by atoms with van der Waals surface area (Å²) < 4.78 is 18.3. The molecule has 0 aliphatic carbocycles. The van der Waals surface area contributed by atoms with Crippen molar-refractivity contribution in [2.45, 2.75) is 6.42 Å². The summed E-state index contributed by atoms with van der Waals surface area (Å²) in [6, 6.07) is 15.5. The van der Waals surface area contributed by atoms with Crippen molar-refractivity contribution in [1.82, 2.24) is 4.90 Å². The van der Waals surface area contributed by atoms with E-state index in [0.717, 1.165) is 11.3 Å². The molecule has 0 aliphatic heterocycles. The highest BCUT2D eigenvalue weighted by molar-refractivity contribution is 5.78. The number of halogens is 1. The molecule has 2 aromatic carbocycles. The summed E-state index contributed by atoms with van der Waals surface area (Å²) in [7, 11) is 1.74. The van der Waals surface area contributed by atoms with Crippen LogP contribution in [0.5, 0.6) is 5.75 Å². The molecule has 0 saturated carbocycles. The number of amides is 1. The zero-order valence-electron chi connectivity index (χ0n) is 12.0. The van der Waals surface area contributed by atoms with Crippen molar-refractivity contribution < 1.29 is 13.9 Å². The number of benzene rings is 2. The molecular weight excluding hydrogens is 269 g/mol. The quantitative estimate of drug-likeness (QED) is 0.817. The molecule has 0 fully saturated rings. The average Bonchev–Trinajstić information content (AvgIpc) is 2.50. The Kier molecular flexibility index (Phi) is 5.32. The van der Waals surface area contributed by atoms with Crippen LogP contribution in [0, 0.1) is 5.82 Å². The first-order valence-electron chi connectivity index (χ1n) is 6.81. The van der Waals surface area contributed by atoms with E-state index in [1.165, 1.54) is 12.1 Å². The molecule has 110 valence electrons. The molecule has 2 aromatic rings. The van der Waals surface area contributed by atoms with E-state index < -0.39 is 0 Å². The fourth-order valence-electron chi connectivity index (χ4n) is 1.85. The van der Waals surface area contributed by atoms with Crippen LogP contribution in [0.4, 0.5) is 4.39 Å². The Bertz CT molecular complexity index is 569. The van der Waals surface area contributed by atoms with Crippen LogP contribution in [0.2, 0.25) is 0 Å². The normalized spacial score (nSPS) is 10.2. The van der Waals surface area contributed by atoms with Gasteiger partial charge < -0.3 is 9.64 Å². The van der Waals surface area contributed by atoms with E-state index in [9.17, 15) is 9.18 Å². The lowest BCUT2D eigenvalue weighted by molar-refractivity contribution is -0.129. The van der Waals surface area contributed by atoms with E-state index >= 15 is 0 Å². The van der Waals surface area contributed by atoms with Gasteiger partial charge in [-0.15, -0.1) is 0 Å². The smallest absolute Gasteiger partial charge is 0.226 e. The Morgan fingerprint density at radius 3 is 2.43 bits per heavy atom. The number of hydrogen-bond acceptors (Lipinski definition) is 2. The van der Waals surface area contributed by atoms with Crippen molar-refractivity contribution in [3.05, 3.63) is 66.0 Å². The summed E-state index contributed by atoms with van der Waals surface area (Å²) in [5.41, 5.74) is 0.803. The molecule has 1 amide bonds. The van der Waals surface area contributed by atoms with Crippen LogP contribution >= 0.6 is 0 Å². The highest BCUT2D eigenvalue weighted by Gasteiger charge is 2.09. The Morgan fingerprint density at radius 2 is 1.76 bits per heavy atom. The monoisotopic (exact) mass is 287 g/mol. The second-order valence-corrected chi connectivity index (χ2v) is 4.78. The standard InChI is InChI=1S/C17H18FNO2/c1-19(11-12-21-16-5-3-2-4-6-16)17(20)13-14-7-9-15(18)10-8-14/h2-10H,11-13H2,1H3. The van der Waals surface area contributed by atoms with Gasteiger partial charge in [0.05, 0.1) is 13.0 Å². The average molecular weight is 287 g/mol. The lowest BCUT2D eigenvalue weighted by Gasteiger charge is -2.17. The van der Waals surface area contributed by atoms with Gasteiger partial charge in [0.25, 0.3) is 0 Å². The molecule has 0 aliphatic rings. The number of hydrogen-bond donors (Lipinski definition) is 0. The molecule has 0 spiro atoms. The summed E-state index contributed by atoms with van der Waals surface area (Å²) in [6.45, 7) is 0.949. The van der Waals surface area contributed by atoms with E-state index in [1.54, 1.807) is 24.1 Å². The predicted octanol–water partition coefficient (Wildman–Crippen LogP) is 2.91. The molecule has 2 rings (SSSR count). The third kappa shape index (κ3) is 4.91. The second kappa shape index (κ2) is 7.43. The first-order chi connectivity index (χ1) is 10.1. The largest absolute Gasteiger partial charge is 0.492 e. The van der Waals surface area contributed by atoms with Crippen molar-refractivity contribution in [2.75, 3.05) is 20.2 Å². The van der Waals surface area contributed by atoms with E-state index in [4.69, 9.17) is 4.74 Å². The van der Waals surface area contributed by atoms with Gasteiger partial charge >= 0.3 is 0 Å². The van der Waals surface area contributed by atoms with Crippen LogP contribution in [0.3, 0.4) is 0 Å². The van der Waals surface area contributed by atoms with E-state index in [-0.39, 0.29) is 18.1 Å². The molecule has 3 nitrogen and oxygen atoms in total. The second-order valence-electron chi connectivity index (χ2n) is 4.78. The van der Waals surface area contributed by atoms with Crippen LogP contribution in [0.15, 0.2) is 54.6 Å². The van der Waals surface area contributed by atoms with Crippen LogP contribution in [-0.4, -0.2) is 31.0 Å². The third-order valence-corrected chi connectivity index (χ3v) is 3.13. The number of nitrogens with zero attached hydrogens (tertiary/aromatic N) is 1. The molecular formula is C17H18FNO2. The van der Waals surface area contributed by atoms with Gasteiger partial charge in [-0.05, 0) is 29.8 Å². The number of carbonyl (C=O) groups excluding carboxylic acids is 1. The molecule has 0 aromatic heterocycles. The van der Waals surface area contributed by atoms with Gasteiger partial charge in [-0.3, -0.25) is 4.79 Å². The Labute approximate surface area is 124 Å². The SMILES string of the molecule is CN(CCOc1ccccc1)C(=O)Cc1ccc(F)cc1. The molecule has 4 heteroatoms. The number of ether oxygens (including phenoxy) is 1. The minimum Gasteiger partial charge on any atom is -0.492 e. The summed E-state index contributed by atoms with van der Waals surface area (Å²) in [4.78, 5) is 13.6. The molecule has 0 atom stereocenters. The Morgan fingerprint density at radius 1 is 1.10 bits per heavy atom. The number of carbonyl (C=O) groups is 1. The third-order valence-electron chi connectivity index (χ3n) is 3.13. The number of likely N-dealkylation sites (N-methyl/N-ethyl adjacent to an activating group) is 1. The zero-order chi connectivity index (χ0) is 15.1. The first kappa shape index (κ1) is 15.0. The van der Waals surface area contributed by atoms with Crippen molar-refractivity contribution in [3.8, 4) is 5.75 Å². The topological polar surface area (TPSA) is 29.5 Å². The van der Waals surface area contributed by atoms with Gasteiger partial charge in [0.1, 0.15) is 18.2 Å². The Balaban J connectivity index is 1.76. The lowest BCUT2D eigenvalue weighted by Crippen LogP contribution is -2.32. The summed E-state index contributed by atoms with van der Waals surface area (Å²) >= 11 is 0. The van der Waals surface area contributed by atoms with Crippen molar-refractivity contribution in [1.29, 1.82) is 0 Å². The van der Waals surface area contributed by atoms with Crippen LogP contribution in [0.25, 0.3) is 0 Å².